The van der Waals surface area contributed by atoms with Crippen LogP contribution < -0.4 is 5.32 Å². The van der Waals surface area contributed by atoms with Crippen LogP contribution >= 0.6 is 0 Å². The van der Waals surface area contributed by atoms with E-state index in [4.69, 9.17) is 9.15 Å². The third kappa shape index (κ3) is 6.76. The van der Waals surface area contributed by atoms with E-state index in [0.29, 0.717) is 37.7 Å². The molecule has 0 aromatic carbocycles. The van der Waals surface area contributed by atoms with Crippen LogP contribution in [0.4, 0.5) is 0 Å². The van der Waals surface area contributed by atoms with E-state index in [-0.39, 0.29) is 18.2 Å². The number of hydrogen-bond acceptors (Lipinski definition) is 4. The summed E-state index contributed by atoms with van der Waals surface area (Å²) >= 11 is 0. The number of amides is 2. The molecule has 1 aromatic rings. The highest BCUT2D eigenvalue weighted by molar-refractivity contribution is 5.94. The molecule has 0 fully saturated rings. The highest BCUT2D eigenvalue weighted by Gasteiger charge is 2.18. The van der Waals surface area contributed by atoms with Crippen LogP contribution in [0, 0.1) is 5.92 Å². The average Bonchev–Trinajstić information content (AvgIpc) is 3.01. The molecule has 1 rings (SSSR count). The van der Waals surface area contributed by atoms with Crippen LogP contribution in [0.15, 0.2) is 23.0 Å². The van der Waals surface area contributed by atoms with Crippen molar-refractivity contribution in [2.24, 2.45) is 5.92 Å². The minimum Gasteiger partial charge on any atom is -0.472 e. The number of rotatable bonds is 10. The summed E-state index contributed by atoms with van der Waals surface area (Å²) < 4.78 is 9.84. The maximum Gasteiger partial charge on any atom is 0.257 e. The highest BCUT2D eigenvalue weighted by Crippen LogP contribution is 2.09. The van der Waals surface area contributed by atoms with E-state index < -0.39 is 0 Å². The van der Waals surface area contributed by atoms with Gasteiger partial charge in [-0.15, -0.1) is 0 Å². The van der Waals surface area contributed by atoms with E-state index in [1.807, 2.05) is 0 Å². The molecule has 0 atom stereocenters. The summed E-state index contributed by atoms with van der Waals surface area (Å²) in [7, 11) is 1.59. The van der Waals surface area contributed by atoms with Crippen molar-refractivity contribution in [2.45, 2.75) is 26.7 Å². The molecule has 6 nitrogen and oxygen atoms in total. The Morgan fingerprint density at radius 1 is 1.36 bits per heavy atom. The van der Waals surface area contributed by atoms with Crippen molar-refractivity contribution < 1.29 is 18.7 Å². The summed E-state index contributed by atoms with van der Waals surface area (Å²) in [5, 5.41) is 2.76. The van der Waals surface area contributed by atoms with Gasteiger partial charge in [-0.2, -0.15) is 0 Å². The van der Waals surface area contributed by atoms with Crippen LogP contribution in [-0.2, 0) is 9.53 Å². The predicted molar refractivity (Wildman–Crippen MR) is 83.6 cm³/mol. The van der Waals surface area contributed by atoms with Crippen molar-refractivity contribution in [3.63, 3.8) is 0 Å². The zero-order valence-corrected chi connectivity index (χ0v) is 13.6. The largest absolute Gasteiger partial charge is 0.472 e. The molecule has 0 spiro atoms. The first kappa shape index (κ1) is 18.2. The van der Waals surface area contributed by atoms with E-state index in [1.165, 1.54) is 12.5 Å². The normalized spacial score (nSPS) is 10.7. The lowest BCUT2D eigenvalue weighted by atomic mass is 10.1. The van der Waals surface area contributed by atoms with Crippen molar-refractivity contribution in [3.05, 3.63) is 24.2 Å². The highest BCUT2D eigenvalue weighted by atomic mass is 16.5. The minimum atomic E-state index is -0.0981. The second kappa shape index (κ2) is 10.00. The summed E-state index contributed by atoms with van der Waals surface area (Å²) in [6.45, 7) is 6.21. The quantitative estimate of drug-likeness (QED) is 0.670. The third-order valence-corrected chi connectivity index (χ3v) is 3.27. The Kier molecular flexibility index (Phi) is 8.28. The Morgan fingerprint density at radius 3 is 2.73 bits per heavy atom. The Bertz CT molecular complexity index is 443. The predicted octanol–water partition coefficient (Wildman–Crippen LogP) is 1.92. The van der Waals surface area contributed by atoms with Gasteiger partial charge in [0.15, 0.2) is 0 Å². The lowest BCUT2D eigenvalue weighted by Gasteiger charge is -2.23. The zero-order valence-electron chi connectivity index (χ0n) is 13.6. The Labute approximate surface area is 131 Å². The lowest BCUT2D eigenvalue weighted by molar-refractivity contribution is -0.121. The van der Waals surface area contributed by atoms with Gasteiger partial charge in [-0.25, -0.2) is 0 Å². The van der Waals surface area contributed by atoms with Gasteiger partial charge in [0.25, 0.3) is 5.91 Å². The van der Waals surface area contributed by atoms with Crippen LogP contribution in [0.2, 0.25) is 0 Å². The number of nitrogens with one attached hydrogen (secondary N) is 1. The van der Waals surface area contributed by atoms with E-state index in [0.717, 1.165) is 6.42 Å². The Hall–Kier alpha value is -1.82. The van der Waals surface area contributed by atoms with Crippen molar-refractivity contribution in [3.8, 4) is 0 Å². The first-order valence-electron chi connectivity index (χ1n) is 7.61. The Balaban J connectivity index is 2.51. The average molecular weight is 310 g/mol. The fraction of sp³-hybridized carbons (Fsp3) is 0.625. The number of hydrogen-bond donors (Lipinski definition) is 1. The fourth-order valence-electron chi connectivity index (χ4n) is 1.92. The molecule has 0 saturated carbocycles. The van der Waals surface area contributed by atoms with Crippen LogP contribution in [-0.4, -0.2) is 50.1 Å². The molecule has 22 heavy (non-hydrogen) atoms. The monoisotopic (exact) mass is 310 g/mol. The van der Waals surface area contributed by atoms with Gasteiger partial charge in [-0.1, -0.05) is 13.8 Å². The van der Waals surface area contributed by atoms with Gasteiger partial charge in [-0.3, -0.25) is 9.59 Å². The number of furan rings is 1. The van der Waals surface area contributed by atoms with Crippen LogP contribution in [0.5, 0.6) is 0 Å². The van der Waals surface area contributed by atoms with E-state index in [1.54, 1.807) is 18.1 Å². The molecule has 0 saturated heterocycles. The summed E-state index contributed by atoms with van der Waals surface area (Å²) in [6, 6.07) is 1.64. The SMILES string of the molecule is COCCNC(=O)CCN(CCC(C)C)C(=O)c1ccoc1. The van der Waals surface area contributed by atoms with Gasteiger partial charge in [0.2, 0.25) is 5.91 Å². The molecule has 1 heterocycles. The van der Waals surface area contributed by atoms with Gasteiger partial charge in [0, 0.05) is 33.2 Å². The molecule has 0 radical (unpaired) electrons. The first-order valence-corrected chi connectivity index (χ1v) is 7.61. The molecule has 0 unspecified atom stereocenters. The number of carbonyl (C=O) groups is 2. The Morgan fingerprint density at radius 2 is 2.14 bits per heavy atom. The molecule has 1 aromatic heterocycles. The number of ether oxygens (including phenoxy) is 1. The lowest BCUT2D eigenvalue weighted by Crippen LogP contribution is -2.36. The van der Waals surface area contributed by atoms with Crippen molar-refractivity contribution in [1.29, 1.82) is 0 Å². The van der Waals surface area contributed by atoms with Crippen LogP contribution in [0.3, 0.4) is 0 Å². The molecule has 0 aliphatic rings. The van der Waals surface area contributed by atoms with Crippen LogP contribution in [0.25, 0.3) is 0 Å². The molecule has 124 valence electrons. The number of methoxy groups -OCH3 is 1. The summed E-state index contributed by atoms with van der Waals surface area (Å²) in [6.07, 6.45) is 4.09. The second-order valence-electron chi connectivity index (χ2n) is 5.58. The molecule has 2 amide bonds. The molecule has 1 N–H and O–H groups in total. The van der Waals surface area contributed by atoms with Gasteiger partial charge < -0.3 is 19.4 Å². The van der Waals surface area contributed by atoms with Gasteiger partial charge in [0.1, 0.15) is 6.26 Å². The van der Waals surface area contributed by atoms with E-state index >= 15 is 0 Å². The van der Waals surface area contributed by atoms with Crippen molar-refractivity contribution in [2.75, 3.05) is 33.4 Å². The number of carbonyl (C=O) groups excluding carboxylic acids is 2. The van der Waals surface area contributed by atoms with Gasteiger partial charge in [-0.05, 0) is 18.4 Å². The smallest absolute Gasteiger partial charge is 0.257 e. The molecule has 0 aliphatic carbocycles. The maximum absolute atomic E-state index is 12.4. The molecular weight excluding hydrogens is 284 g/mol. The zero-order chi connectivity index (χ0) is 16.4. The molecular formula is C16H26N2O4. The summed E-state index contributed by atoms with van der Waals surface area (Å²) in [5.74, 6) is 0.320. The molecule has 6 heteroatoms. The minimum absolute atomic E-state index is 0.0772. The summed E-state index contributed by atoms with van der Waals surface area (Å²) in [4.78, 5) is 25.9. The third-order valence-electron chi connectivity index (χ3n) is 3.27. The maximum atomic E-state index is 12.4. The van der Waals surface area contributed by atoms with Crippen molar-refractivity contribution >= 4 is 11.8 Å². The second-order valence-corrected chi connectivity index (χ2v) is 5.58. The van der Waals surface area contributed by atoms with Crippen molar-refractivity contribution in [1.82, 2.24) is 10.2 Å². The topological polar surface area (TPSA) is 71.8 Å². The molecule has 0 aliphatic heterocycles. The van der Waals surface area contributed by atoms with E-state index in [9.17, 15) is 9.59 Å². The standard InChI is InChI=1S/C16H26N2O4/c1-13(2)4-8-18(16(20)14-6-10-22-12-14)9-5-15(19)17-7-11-21-3/h6,10,12-13H,4-5,7-9,11H2,1-3H3,(H,17,19). The number of nitrogens with zero attached hydrogens (tertiary/aromatic N) is 1. The molecule has 0 bridgehead atoms. The van der Waals surface area contributed by atoms with Gasteiger partial charge in [0.05, 0.1) is 18.4 Å². The summed E-state index contributed by atoms with van der Waals surface area (Å²) in [5.41, 5.74) is 0.517. The fourth-order valence-corrected chi connectivity index (χ4v) is 1.92. The van der Waals surface area contributed by atoms with Gasteiger partial charge >= 0.3 is 0 Å². The van der Waals surface area contributed by atoms with E-state index in [2.05, 4.69) is 19.2 Å². The van der Waals surface area contributed by atoms with Crippen LogP contribution in [0.1, 0.15) is 37.0 Å². The first-order chi connectivity index (χ1) is 10.5.